The van der Waals surface area contributed by atoms with E-state index in [9.17, 15) is 0 Å². The second kappa shape index (κ2) is 9.71. The molecule has 0 saturated heterocycles. The first-order valence-corrected chi connectivity index (χ1v) is 11.3. The average molecular weight is 410 g/mol. The molecular formula is C17H23Cl3SiTi. The number of hydrogen-bond donors (Lipinski definition) is 0. The van der Waals surface area contributed by atoms with Gasteiger partial charge in [0.25, 0.3) is 0 Å². The van der Waals surface area contributed by atoms with Gasteiger partial charge in [-0.1, -0.05) is 0 Å². The first-order chi connectivity index (χ1) is 8.80. The third-order valence-corrected chi connectivity index (χ3v) is 7.45. The smallest absolute Gasteiger partial charge is 1.00 e. The van der Waals surface area contributed by atoms with Gasteiger partial charge in [-0.05, 0) is 0 Å². The summed E-state index contributed by atoms with van der Waals surface area (Å²) in [5.41, 5.74) is 6.03. The van der Waals surface area contributed by atoms with Gasteiger partial charge in [0, 0.05) is 0 Å². The Morgan fingerprint density at radius 3 is 1.91 bits per heavy atom. The summed E-state index contributed by atoms with van der Waals surface area (Å²) in [7, 11) is -1.17. The molecule has 0 saturated carbocycles. The third kappa shape index (κ3) is 5.54. The van der Waals surface area contributed by atoms with Gasteiger partial charge in [0.15, 0.2) is 0 Å². The molecule has 5 heteroatoms. The Labute approximate surface area is 166 Å². The summed E-state index contributed by atoms with van der Waals surface area (Å²) in [6.45, 7) is 11.8. The number of rotatable bonds is 3. The van der Waals surface area contributed by atoms with Crippen LogP contribution in [0.25, 0.3) is 0 Å². The van der Waals surface area contributed by atoms with Crippen molar-refractivity contribution in [1.29, 1.82) is 0 Å². The van der Waals surface area contributed by atoms with E-state index in [-0.39, 0.29) is 37.2 Å². The summed E-state index contributed by atoms with van der Waals surface area (Å²) in [6, 6.07) is 6.63. The van der Waals surface area contributed by atoms with Gasteiger partial charge in [0.1, 0.15) is 0 Å². The van der Waals surface area contributed by atoms with Gasteiger partial charge in [-0.3, -0.25) is 0 Å². The van der Waals surface area contributed by atoms with Crippen molar-refractivity contribution in [3.05, 3.63) is 55.6 Å². The Bertz CT molecular complexity index is 552. The van der Waals surface area contributed by atoms with Gasteiger partial charge in [0.2, 0.25) is 0 Å². The standard InChI is InChI=1S/C17H23Si.3ClH.Ti/c1-13-7-6-8-14(2)17(13)12-15-9-10-16(11-15)18(3,4)5;;;;/h6-8,10H,9,12H2,1-5H3;3*1H;/q;;;;+3/p-3. The summed E-state index contributed by atoms with van der Waals surface area (Å²) in [5, 5.41) is 1.67. The zero-order valence-corrected chi connectivity index (χ0v) is 18.7. The Hall–Kier alpha value is 0.501. The normalized spacial score (nSPS) is 13.9. The van der Waals surface area contributed by atoms with Crippen molar-refractivity contribution in [1.82, 2.24) is 0 Å². The van der Waals surface area contributed by atoms with Crippen molar-refractivity contribution in [3.63, 3.8) is 0 Å². The molecule has 0 aromatic heterocycles. The zero-order chi connectivity index (χ0) is 14.2. The molecule has 120 valence electrons. The Kier molecular flexibility index (Phi) is 10.9. The topological polar surface area (TPSA) is 0 Å². The maximum absolute atomic E-state index is 2.49. The van der Waals surface area contributed by atoms with E-state index in [1.165, 1.54) is 23.1 Å². The fourth-order valence-electron chi connectivity index (χ4n) is 2.80. The van der Waals surface area contributed by atoms with Gasteiger partial charge in [-0.15, -0.1) is 0 Å². The van der Waals surface area contributed by atoms with E-state index in [1.54, 1.807) is 14.6 Å². The number of aryl methyl sites for hydroxylation is 2. The third-order valence-electron chi connectivity index (χ3n) is 4.02. The molecule has 0 aliphatic heterocycles. The van der Waals surface area contributed by atoms with Gasteiger partial charge in [0.05, 0.1) is 0 Å². The number of allylic oxidation sites excluding steroid dienone is 4. The van der Waals surface area contributed by atoms with Crippen LogP contribution in [0.5, 0.6) is 0 Å². The van der Waals surface area contributed by atoms with Crippen LogP contribution in [0.3, 0.4) is 0 Å². The minimum atomic E-state index is -1.17. The minimum absolute atomic E-state index is 0. The van der Waals surface area contributed by atoms with Crippen LogP contribution in [0.2, 0.25) is 19.6 Å². The minimum Gasteiger partial charge on any atom is -1.00 e. The summed E-state index contributed by atoms with van der Waals surface area (Å²) in [4.78, 5) is 0. The molecule has 1 aliphatic carbocycles. The first-order valence-electron chi connectivity index (χ1n) is 7.00. The van der Waals surface area contributed by atoms with Crippen molar-refractivity contribution in [2.75, 3.05) is 0 Å². The molecule has 1 aliphatic rings. The fourth-order valence-corrected chi connectivity index (χ4v) is 6.66. The van der Waals surface area contributed by atoms with Crippen LogP contribution < -0.4 is 37.2 Å². The second-order valence-electron chi connectivity index (χ2n) is 6.60. The molecular weight excluding hydrogens is 386 g/mol. The van der Waals surface area contributed by atoms with Crippen molar-refractivity contribution in [3.8, 4) is 0 Å². The second-order valence-corrected chi connectivity index (χ2v) is 12.4. The molecule has 22 heavy (non-hydrogen) atoms. The molecule has 0 atom stereocenters. The van der Waals surface area contributed by atoms with Crippen LogP contribution >= 0.6 is 0 Å². The van der Waals surface area contributed by atoms with Crippen LogP contribution in [0, 0.1) is 13.8 Å². The van der Waals surface area contributed by atoms with E-state index in [4.69, 9.17) is 0 Å². The fraction of sp³-hybridized carbons (Fsp3) is 0.412. The zero-order valence-electron chi connectivity index (χ0n) is 13.9. The number of hydrogen-bond acceptors (Lipinski definition) is 0. The Balaban J connectivity index is 0. The van der Waals surface area contributed by atoms with Crippen LogP contribution in [0.1, 0.15) is 23.1 Å². The molecule has 0 nitrogen and oxygen atoms in total. The van der Waals surface area contributed by atoms with E-state index in [1.807, 2.05) is 0 Å². The van der Waals surface area contributed by atoms with E-state index >= 15 is 0 Å². The average Bonchev–Trinajstić information content (AvgIpc) is 2.65. The van der Waals surface area contributed by atoms with Crippen LogP contribution in [0.15, 0.2) is 38.9 Å². The van der Waals surface area contributed by atoms with Gasteiger partial charge >= 0.3 is 130 Å². The van der Waals surface area contributed by atoms with Gasteiger partial charge < -0.3 is 37.2 Å². The van der Waals surface area contributed by atoms with Crippen LogP contribution in [-0.2, 0) is 26.9 Å². The molecule has 0 amide bonds. The maximum atomic E-state index is 2.49. The molecule has 0 heterocycles. The van der Waals surface area contributed by atoms with Crippen molar-refractivity contribution < 1.29 is 57.7 Å². The molecule has 1 aromatic carbocycles. The van der Waals surface area contributed by atoms with E-state index in [0.29, 0.717) is 0 Å². The first kappa shape index (κ1) is 24.7. The number of benzene rings is 1. The molecule has 0 N–H and O–H groups in total. The molecule has 2 rings (SSSR count). The number of halogens is 3. The summed E-state index contributed by atoms with van der Waals surface area (Å²) < 4.78 is 1.59. The molecule has 0 fully saturated rings. The van der Waals surface area contributed by atoms with Gasteiger partial charge in [-0.25, -0.2) is 0 Å². The molecule has 1 aromatic rings. The van der Waals surface area contributed by atoms with Crippen molar-refractivity contribution in [2.45, 2.75) is 46.3 Å². The predicted octanol–water partition coefficient (Wildman–Crippen LogP) is -4.13. The van der Waals surface area contributed by atoms with Crippen molar-refractivity contribution in [2.24, 2.45) is 0 Å². The maximum Gasteiger partial charge on any atom is -1.00 e. The monoisotopic (exact) mass is 408 g/mol. The Morgan fingerprint density at radius 1 is 1.00 bits per heavy atom. The van der Waals surface area contributed by atoms with Crippen LogP contribution in [-0.4, -0.2) is 8.07 Å². The Morgan fingerprint density at radius 2 is 1.50 bits per heavy atom. The quantitative estimate of drug-likeness (QED) is 0.445. The van der Waals surface area contributed by atoms with Gasteiger partial charge in [-0.2, -0.15) is 0 Å². The predicted molar refractivity (Wildman–Crippen MR) is 82.7 cm³/mol. The van der Waals surface area contributed by atoms with E-state index in [2.05, 4.69) is 78.2 Å². The molecule has 0 unspecified atom stereocenters. The van der Waals surface area contributed by atoms with Crippen molar-refractivity contribution >= 4 is 8.07 Å². The summed E-state index contributed by atoms with van der Waals surface area (Å²) in [5.74, 6) is 0. The SMILES string of the molecule is Cc1cccc(C)c1CC1=[C]([Ti+3])C([Si](C)(C)C)=CC1.[Cl-].[Cl-].[Cl-]. The molecule has 0 radical (unpaired) electrons. The van der Waals surface area contributed by atoms with E-state index in [0.717, 1.165) is 6.42 Å². The largest absolute Gasteiger partial charge is 1.00 e. The molecule has 0 bridgehead atoms. The summed E-state index contributed by atoms with van der Waals surface area (Å²) in [6.07, 6.45) is 4.79. The summed E-state index contributed by atoms with van der Waals surface area (Å²) >= 11 is 2.33. The van der Waals surface area contributed by atoms with Crippen LogP contribution in [0.4, 0.5) is 0 Å². The van der Waals surface area contributed by atoms with E-state index < -0.39 is 8.07 Å². The molecule has 0 spiro atoms.